The summed E-state index contributed by atoms with van der Waals surface area (Å²) < 4.78 is 5.20. The molecule has 5 heteroatoms. The normalized spacial score (nSPS) is 10.8. The minimum absolute atomic E-state index is 0.111. The van der Waals surface area contributed by atoms with Crippen LogP contribution in [0.25, 0.3) is 6.08 Å². The molecule has 0 saturated carbocycles. The lowest BCUT2D eigenvalue weighted by Crippen LogP contribution is -2.25. The van der Waals surface area contributed by atoms with Gasteiger partial charge in [0, 0.05) is 6.21 Å². The van der Waals surface area contributed by atoms with E-state index in [1.54, 1.807) is 13.2 Å². The van der Waals surface area contributed by atoms with Crippen molar-refractivity contribution in [1.82, 2.24) is 5.43 Å². The number of hydrogen-bond donors (Lipinski definition) is 2. The Morgan fingerprint density at radius 2 is 1.87 bits per heavy atom. The zero-order chi connectivity index (χ0) is 16.3. The second kappa shape index (κ2) is 9.04. The van der Waals surface area contributed by atoms with Crippen molar-refractivity contribution in [3.8, 4) is 5.75 Å². The molecule has 0 unspecified atom stereocenters. The summed E-state index contributed by atoms with van der Waals surface area (Å²) in [5, 5.41) is 6.86. The van der Waals surface area contributed by atoms with Crippen LogP contribution in [0.3, 0.4) is 0 Å². The Labute approximate surface area is 135 Å². The van der Waals surface area contributed by atoms with E-state index in [4.69, 9.17) is 4.74 Å². The van der Waals surface area contributed by atoms with Gasteiger partial charge in [0.15, 0.2) is 0 Å². The van der Waals surface area contributed by atoms with Crippen LogP contribution in [0.4, 0.5) is 5.69 Å². The number of anilines is 1. The van der Waals surface area contributed by atoms with Crippen molar-refractivity contribution in [3.63, 3.8) is 0 Å². The molecule has 2 N–H and O–H groups in total. The molecule has 2 aromatic carbocycles. The average molecular weight is 309 g/mol. The van der Waals surface area contributed by atoms with Gasteiger partial charge in [-0.2, -0.15) is 5.10 Å². The Balaban J connectivity index is 1.75. The molecule has 2 rings (SSSR count). The molecule has 23 heavy (non-hydrogen) atoms. The zero-order valence-electron chi connectivity index (χ0n) is 12.9. The van der Waals surface area contributed by atoms with Gasteiger partial charge in [0.1, 0.15) is 5.75 Å². The Kier molecular flexibility index (Phi) is 6.41. The number of hydrazone groups is 1. The van der Waals surface area contributed by atoms with Crippen LogP contribution in [0, 0.1) is 0 Å². The predicted octanol–water partition coefficient (Wildman–Crippen LogP) is 2.92. The van der Waals surface area contributed by atoms with Crippen molar-refractivity contribution in [3.05, 3.63) is 66.2 Å². The molecule has 0 fully saturated rings. The van der Waals surface area contributed by atoms with Gasteiger partial charge in [0.25, 0.3) is 5.91 Å². The fraction of sp³-hybridized carbons (Fsp3) is 0.111. The van der Waals surface area contributed by atoms with E-state index < -0.39 is 0 Å². The number of methoxy groups -OCH3 is 1. The van der Waals surface area contributed by atoms with Gasteiger partial charge in [-0.25, -0.2) is 5.43 Å². The van der Waals surface area contributed by atoms with Gasteiger partial charge in [-0.3, -0.25) is 4.79 Å². The maximum atomic E-state index is 11.7. The Morgan fingerprint density at radius 1 is 1.13 bits per heavy atom. The van der Waals surface area contributed by atoms with Crippen LogP contribution in [0.1, 0.15) is 5.56 Å². The lowest BCUT2D eigenvalue weighted by Gasteiger charge is -2.09. The number of carbonyl (C=O) groups is 1. The average Bonchev–Trinajstić information content (AvgIpc) is 2.60. The number of carbonyl (C=O) groups excluding carboxylic acids is 1. The molecule has 0 aliphatic heterocycles. The number of rotatable bonds is 7. The van der Waals surface area contributed by atoms with Crippen molar-refractivity contribution >= 4 is 23.9 Å². The van der Waals surface area contributed by atoms with Crippen LogP contribution < -0.4 is 15.5 Å². The molecule has 1 amide bonds. The number of ether oxygens (including phenoxy) is 1. The molecule has 0 saturated heterocycles. The number of benzene rings is 2. The predicted molar refractivity (Wildman–Crippen MR) is 93.6 cm³/mol. The van der Waals surface area contributed by atoms with Crippen molar-refractivity contribution in [1.29, 1.82) is 0 Å². The van der Waals surface area contributed by atoms with E-state index in [2.05, 4.69) is 15.8 Å². The molecule has 0 spiro atoms. The van der Waals surface area contributed by atoms with Crippen molar-refractivity contribution in [2.75, 3.05) is 19.0 Å². The summed E-state index contributed by atoms with van der Waals surface area (Å²) >= 11 is 0. The van der Waals surface area contributed by atoms with E-state index >= 15 is 0 Å². The first-order chi connectivity index (χ1) is 11.3. The molecule has 0 atom stereocenters. The van der Waals surface area contributed by atoms with E-state index in [9.17, 15) is 4.79 Å². The van der Waals surface area contributed by atoms with Crippen LogP contribution in [0.15, 0.2) is 65.8 Å². The summed E-state index contributed by atoms with van der Waals surface area (Å²) in [7, 11) is 1.59. The molecular formula is C18H19N3O2. The molecule has 0 aliphatic rings. The minimum atomic E-state index is -0.236. The molecule has 0 radical (unpaired) electrons. The summed E-state index contributed by atoms with van der Waals surface area (Å²) in [5.74, 6) is 0.454. The van der Waals surface area contributed by atoms with E-state index in [1.807, 2.05) is 60.7 Å². The third-order valence-electron chi connectivity index (χ3n) is 2.98. The van der Waals surface area contributed by atoms with Crippen molar-refractivity contribution < 1.29 is 9.53 Å². The molecule has 0 aromatic heterocycles. The van der Waals surface area contributed by atoms with E-state index in [0.29, 0.717) is 5.75 Å². The highest BCUT2D eigenvalue weighted by Crippen LogP contribution is 2.22. The van der Waals surface area contributed by atoms with Crippen LogP contribution >= 0.6 is 0 Å². The van der Waals surface area contributed by atoms with Gasteiger partial charge >= 0.3 is 0 Å². The smallest absolute Gasteiger partial charge is 0.259 e. The van der Waals surface area contributed by atoms with Gasteiger partial charge in [-0.15, -0.1) is 0 Å². The molecular weight excluding hydrogens is 290 g/mol. The van der Waals surface area contributed by atoms with Crippen LogP contribution in [0.5, 0.6) is 5.75 Å². The first kappa shape index (κ1) is 16.3. The molecule has 0 heterocycles. The fourth-order valence-electron chi connectivity index (χ4n) is 1.88. The first-order valence-electron chi connectivity index (χ1n) is 7.20. The highest BCUT2D eigenvalue weighted by Gasteiger charge is 2.03. The molecule has 118 valence electrons. The summed E-state index contributed by atoms with van der Waals surface area (Å²) in [6, 6.07) is 17.3. The van der Waals surface area contributed by atoms with Crippen LogP contribution in [-0.2, 0) is 4.79 Å². The lowest BCUT2D eigenvalue weighted by atomic mass is 10.2. The third kappa shape index (κ3) is 5.67. The molecule has 2 aromatic rings. The largest absolute Gasteiger partial charge is 0.495 e. The summed E-state index contributed by atoms with van der Waals surface area (Å²) in [6.07, 6.45) is 5.21. The highest BCUT2D eigenvalue weighted by molar-refractivity contribution is 5.83. The van der Waals surface area contributed by atoms with Gasteiger partial charge in [-0.05, 0) is 23.8 Å². The third-order valence-corrected chi connectivity index (χ3v) is 2.98. The number of allylic oxidation sites excluding steroid dienone is 1. The zero-order valence-corrected chi connectivity index (χ0v) is 12.9. The SMILES string of the molecule is COc1ccccc1NCC(=O)N/N=C\C=C\c1ccccc1. The first-order valence-corrected chi connectivity index (χ1v) is 7.20. The quantitative estimate of drug-likeness (QED) is 0.610. The Bertz CT molecular complexity index is 682. The van der Waals surface area contributed by atoms with Gasteiger partial charge in [-0.1, -0.05) is 48.5 Å². The van der Waals surface area contributed by atoms with E-state index in [1.165, 1.54) is 6.21 Å². The monoisotopic (exact) mass is 309 g/mol. The number of nitrogens with one attached hydrogen (secondary N) is 2. The van der Waals surface area contributed by atoms with Gasteiger partial charge in [0.05, 0.1) is 19.3 Å². The lowest BCUT2D eigenvalue weighted by molar-refractivity contribution is -0.119. The topological polar surface area (TPSA) is 62.7 Å². The molecule has 0 bridgehead atoms. The summed E-state index contributed by atoms with van der Waals surface area (Å²) in [6.45, 7) is 0.111. The van der Waals surface area contributed by atoms with Crippen LogP contribution in [-0.4, -0.2) is 25.8 Å². The van der Waals surface area contributed by atoms with Crippen LogP contribution in [0.2, 0.25) is 0 Å². The summed E-state index contributed by atoms with van der Waals surface area (Å²) in [5.41, 5.74) is 4.29. The minimum Gasteiger partial charge on any atom is -0.495 e. The highest BCUT2D eigenvalue weighted by atomic mass is 16.5. The van der Waals surface area contributed by atoms with Gasteiger partial charge in [0.2, 0.25) is 0 Å². The number of hydrogen-bond acceptors (Lipinski definition) is 4. The van der Waals surface area contributed by atoms with E-state index in [-0.39, 0.29) is 12.5 Å². The Morgan fingerprint density at radius 3 is 2.65 bits per heavy atom. The van der Waals surface area contributed by atoms with Gasteiger partial charge < -0.3 is 10.1 Å². The Hall–Kier alpha value is -3.08. The standard InChI is InChI=1S/C18H19N3O2/c1-23-17-12-6-5-11-16(17)19-14-18(22)21-20-13-7-10-15-8-3-2-4-9-15/h2-13,19H,14H2,1H3,(H,21,22)/b10-7+,20-13-. The van der Waals surface area contributed by atoms with Crippen molar-refractivity contribution in [2.24, 2.45) is 5.10 Å². The second-order valence-corrected chi connectivity index (χ2v) is 4.64. The number of amides is 1. The number of para-hydroxylation sites is 2. The van der Waals surface area contributed by atoms with Crippen molar-refractivity contribution in [2.45, 2.75) is 0 Å². The second-order valence-electron chi connectivity index (χ2n) is 4.64. The molecule has 5 nitrogen and oxygen atoms in total. The molecule has 0 aliphatic carbocycles. The maximum absolute atomic E-state index is 11.7. The summed E-state index contributed by atoms with van der Waals surface area (Å²) in [4.78, 5) is 11.7. The maximum Gasteiger partial charge on any atom is 0.259 e. The number of nitrogens with zero attached hydrogens (tertiary/aromatic N) is 1. The fourth-order valence-corrected chi connectivity index (χ4v) is 1.88. The van der Waals surface area contributed by atoms with E-state index in [0.717, 1.165) is 11.3 Å².